The van der Waals surface area contributed by atoms with Gasteiger partial charge in [-0.1, -0.05) is 18.2 Å². The van der Waals surface area contributed by atoms with Gasteiger partial charge in [0.1, 0.15) is 17.2 Å². The molecule has 5 rings (SSSR count). The number of aliphatic hydroxyl groups is 1. The largest absolute Gasteiger partial charge is 0.507 e. The van der Waals surface area contributed by atoms with E-state index in [9.17, 15) is 30.0 Å². The highest BCUT2D eigenvalue weighted by molar-refractivity contribution is 6.34. The van der Waals surface area contributed by atoms with Gasteiger partial charge in [0, 0.05) is 28.1 Å². The van der Waals surface area contributed by atoms with Crippen LogP contribution in [0, 0.1) is 6.92 Å². The third kappa shape index (κ3) is 2.95. The summed E-state index contributed by atoms with van der Waals surface area (Å²) in [7, 11) is 0. The highest BCUT2D eigenvalue weighted by atomic mass is 16.5. The topological polar surface area (TPSA) is 150 Å². The van der Waals surface area contributed by atoms with E-state index in [0.29, 0.717) is 10.9 Å². The van der Waals surface area contributed by atoms with Gasteiger partial charge in [-0.05, 0) is 43.4 Å². The van der Waals surface area contributed by atoms with Crippen molar-refractivity contribution in [2.75, 3.05) is 0 Å². The molecule has 1 aliphatic heterocycles. The number of aryl methyl sites for hydroxylation is 1. The lowest BCUT2D eigenvalue weighted by Crippen LogP contribution is -2.48. The van der Waals surface area contributed by atoms with Gasteiger partial charge >= 0.3 is 0 Å². The molecule has 0 radical (unpaired) electrons. The number of fused-ring (bicyclic) bond motifs is 4. The molecule has 4 atom stereocenters. The Morgan fingerprint density at radius 1 is 1.00 bits per heavy atom. The maximum Gasteiger partial charge on any atom is 0.202 e. The molecule has 0 spiro atoms. The molecule has 0 amide bonds. The second-order valence-electron chi connectivity index (χ2n) is 8.80. The molecule has 0 unspecified atom stereocenters. The van der Waals surface area contributed by atoms with Crippen LogP contribution in [0.1, 0.15) is 62.4 Å². The smallest absolute Gasteiger partial charge is 0.202 e. The number of aromatic hydroxyl groups is 3. The molecule has 0 bridgehead atoms. The molecule has 1 fully saturated rings. The molecule has 6 N–H and O–H groups in total. The minimum atomic E-state index is -0.908. The standard InChI is InChI=1S/C25H23NO7/c1-9-6-12-17(15(28)7-9)20-21(24(31)18-11(23(20)30)4-3-5-14(18)27)25(32)19(12)16-8-13(26)22(29)10(2)33-16/h3-7,10,13,16,22,27-29,32H,8,26H2,1-2H3/t10-,13-,16-,22-/m1/s1. The maximum atomic E-state index is 13.5. The van der Waals surface area contributed by atoms with E-state index in [4.69, 9.17) is 10.5 Å². The second kappa shape index (κ2) is 7.28. The van der Waals surface area contributed by atoms with Crippen molar-refractivity contribution in [1.29, 1.82) is 0 Å². The van der Waals surface area contributed by atoms with E-state index in [1.165, 1.54) is 24.3 Å². The summed E-state index contributed by atoms with van der Waals surface area (Å²) < 4.78 is 5.95. The summed E-state index contributed by atoms with van der Waals surface area (Å²) >= 11 is 0. The zero-order valence-electron chi connectivity index (χ0n) is 18.0. The summed E-state index contributed by atoms with van der Waals surface area (Å²) in [5, 5.41) is 43.3. The van der Waals surface area contributed by atoms with E-state index in [0.717, 1.165) is 0 Å². The number of carbonyl (C=O) groups excluding carboxylic acids is 2. The fourth-order valence-electron chi connectivity index (χ4n) is 5.07. The number of hydrogen-bond donors (Lipinski definition) is 5. The van der Waals surface area contributed by atoms with Crippen molar-refractivity contribution in [3.05, 3.63) is 63.7 Å². The van der Waals surface area contributed by atoms with E-state index >= 15 is 0 Å². The summed E-state index contributed by atoms with van der Waals surface area (Å²) in [5.74, 6) is -2.38. The first kappa shape index (κ1) is 21.4. The fourth-order valence-corrected chi connectivity index (χ4v) is 5.07. The average molecular weight is 449 g/mol. The highest BCUT2D eigenvalue weighted by Gasteiger charge is 2.41. The molecule has 1 aliphatic carbocycles. The molecular formula is C25H23NO7. The molecule has 0 aromatic heterocycles. The molecule has 0 saturated carbocycles. The van der Waals surface area contributed by atoms with Crippen LogP contribution >= 0.6 is 0 Å². The number of benzene rings is 3. The maximum absolute atomic E-state index is 13.5. The number of nitrogens with two attached hydrogens (primary N) is 1. The van der Waals surface area contributed by atoms with Crippen molar-refractivity contribution >= 4 is 22.3 Å². The molecule has 1 saturated heterocycles. The first-order valence-electron chi connectivity index (χ1n) is 10.6. The summed E-state index contributed by atoms with van der Waals surface area (Å²) in [6, 6.07) is 6.69. The van der Waals surface area contributed by atoms with Crippen molar-refractivity contribution in [2.24, 2.45) is 5.73 Å². The van der Waals surface area contributed by atoms with Gasteiger partial charge in [0.25, 0.3) is 0 Å². The zero-order valence-corrected chi connectivity index (χ0v) is 18.0. The molecule has 3 aromatic rings. The first-order chi connectivity index (χ1) is 15.6. The lowest BCUT2D eigenvalue weighted by atomic mass is 9.77. The Balaban J connectivity index is 1.88. The van der Waals surface area contributed by atoms with Crippen molar-refractivity contribution in [1.82, 2.24) is 0 Å². The van der Waals surface area contributed by atoms with Gasteiger partial charge in [0.2, 0.25) is 5.78 Å². The van der Waals surface area contributed by atoms with Gasteiger partial charge in [-0.3, -0.25) is 9.59 Å². The molecular weight excluding hydrogens is 426 g/mol. The van der Waals surface area contributed by atoms with Crippen LogP contribution in [-0.2, 0) is 4.74 Å². The highest BCUT2D eigenvalue weighted by Crippen LogP contribution is 2.49. The predicted octanol–water partition coefficient (Wildman–Crippen LogP) is 2.58. The monoisotopic (exact) mass is 449 g/mol. The normalized spacial score (nSPS) is 24.6. The summed E-state index contributed by atoms with van der Waals surface area (Å²) in [5.41, 5.74) is 6.35. The Morgan fingerprint density at radius 3 is 2.42 bits per heavy atom. The predicted molar refractivity (Wildman–Crippen MR) is 119 cm³/mol. The van der Waals surface area contributed by atoms with Crippen LogP contribution in [0.3, 0.4) is 0 Å². The molecule has 8 nitrogen and oxygen atoms in total. The number of carbonyl (C=O) groups is 2. The van der Waals surface area contributed by atoms with Crippen LogP contribution in [0.25, 0.3) is 10.8 Å². The lowest BCUT2D eigenvalue weighted by Gasteiger charge is -2.37. The Bertz CT molecular complexity index is 1350. The third-order valence-electron chi connectivity index (χ3n) is 6.62. The van der Waals surface area contributed by atoms with Gasteiger partial charge in [-0.25, -0.2) is 0 Å². The van der Waals surface area contributed by atoms with E-state index in [1.807, 2.05) is 0 Å². The van der Waals surface area contributed by atoms with E-state index in [1.54, 1.807) is 19.9 Å². The molecule has 170 valence electrons. The van der Waals surface area contributed by atoms with E-state index < -0.39 is 41.7 Å². The lowest BCUT2D eigenvalue weighted by molar-refractivity contribution is -0.119. The number of ketones is 2. The third-order valence-corrected chi connectivity index (χ3v) is 6.62. The number of ether oxygens (including phenoxy) is 1. The average Bonchev–Trinajstić information content (AvgIpc) is 2.74. The SMILES string of the molecule is Cc1cc(O)c2c3c(c(O)c([C@H]4C[C@@H](N)[C@H](O)[C@@H](C)O4)c2c1)C(=O)c1c(O)cccc1C3=O. The van der Waals surface area contributed by atoms with Gasteiger partial charge in [0.05, 0.1) is 29.4 Å². The molecule has 1 heterocycles. The summed E-state index contributed by atoms with van der Waals surface area (Å²) in [6.45, 7) is 3.40. The van der Waals surface area contributed by atoms with Crippen LogP contribution in [-0.4, -0.2) is 50.2 Å². The van der Waals surface area contributed by atoms with Crippen LogP contribution in [0.5, 0.6) is 17.2 Å². The Morgan fingerprint density at radius 2 is 1.73 bits per heavy atom. The van der Waals surface area contributed by atoms with Crippen LogP contribution in [0.15, 0.2) is 30.3 Å². The van der Waals surface area contributed by atoms with Crippen molar-refractivity contribution in [3.8, 4) is 17.2 Å². The molecule has 33 heavy (non-hydrogen) atoms. The minimum Gasteiger partial charge on any atom is -0.507 e. The fraction of sp³-hybridized carbons (Fsp3) is 0.280. The minimum absolute atomic E-state index is 0.00592. The first-order valence-corrected chi connectivity index (χ1v) is 10.6. The Labute approximate surface area is 188 Å². The van der Waals surface area contributed by atoms with Crippen molar-refractivity contribution < 1.29 is 34.8 Å². The van der Waals surface area contributed by atoms with Gasteiger partial charge < -0.3 is 30.9 Å². The number of phenols is 3. The zero-order chi connectivity index (χ0) is 23.8. The summed E-state index contributed by atoms with van der Waals surface area (Å²) in [4.78, 5) is 26.9. The van der Waals surface area contributed by atoms with Crippen LogP contribution < -0.4 is 5.73 Å². The van der Waals surface area contributed by atoms with E-state index in [2.05, 4.69) is 0 Å². The van der Waals surface area contributed by atoms with Crippen LogP contribution in [0.4, 0.5) is 0 Å². The van der Waals surface area contributed by atoms with Crippen LogP contribution in [0.2, 0.25) is 0 Å². The molecule has 2 aliphatic rings. The summed E-state index contributed by atoms with van der Waals surface area (Å²) in [6.07, 6.45) is -2.22. The second-order valence-corrected chi connectivity index (χ2v) is 8.80. The van der Waals surface area contributed by atoms with E-state index in [-0.39, 0.29) is 51.1 Å². The van der Waals surface area contributed by atoms with Crippen molar-refractivity contribution in [2.45, 2.75) is 44.6 Å². The van der Waals surface area contributed by atoms with Gasteiger partial charge in [-0.15, -0.1) is 0 Å². The number of phenolic OH excluding ortho intramolecular Hbond substituents is 3. The molecule has 8 heteroatoms. The quantitative estimate of drug-likeness (QED) is 0.298. The Hall–Kier alpha value is -3.46. The van der Waals surface area contributed by atoms with Gasteiger partial charge in [-0.2, -0.15) is 0 Å². The Kier molecular flexibility index (Phi) is 4.72. The van der Waals surface area contributed by atoms with Gasteiger partial charge in [0.15, 0.2) is 5.78 Å². The number of hydrogen-bond acceptors (Lipinski definition) is 8. The number of rotatable bonds is 1. The molecule has 3 aromatic carbocycles. The van der Waals surface area contributed by atoms with Crippen molar-refractivity contribution in [3.63, 3.8) is 0 Å². The number of aliphatic hydroxyl groups excluding tert-OH is 1.